The van der Waals surface area contributed by atoms with E-state index in [1.165, 1.54) is 16.9 Å². The van der Waals surface area contributed by atoms with Crippen LogP contribution in [0.15, 0.2) is 35.5 Å². The maximum atomic E-state index is 12.5. The first-order chi connectivity index (χ1) is 12.5. The SMILES string of the molecule is CN(C)c1nccnc1OC1CCCN(C(=O)Cn2ncccc2=O)C1. The number of aromatic nitrogens is 4. The van der Waals surface area contributed by atoms with Crippen molar-refractivity contribution in [2.24, 2.45) is 0 Å². The normalized spacial score (nSPS) is 17.0. The van der Waals surface area contributed by atoms with Crippen molar-refractivity contribution in [1.29, 1.82) is 0 Å². The first kappa shape index (κ1) is 17.8. The molecule has 3 rings (SSSR count). The predicted molar refractivity (Wildman–Crippen MR) is 95.1 cm³/mol. The third kappa shape index (κ3) is 4.16. The molecule has 2 aromatic heterocycles. The molecule has 1 fully saturated rings. The smallest absolute Gasteiger partial charge is 0.267 e. The minimum absolute atomic E-state index is 0.0690. The van der Waals surface area contributed by atoms with Crippen molar-refractivity contribution in [2.75, 3.05) is 32.1 Å². The molecule has 138 valence electrons. The molecular formula is C17H22N6O3. The van der Waals surface area contributed by atoms with Gasteiger partial charge < -0.3 is 14.5 Å². The van der Waals surface area contributed by atoms with E-state index in [-0.39, 0.29) is 24.1 Å². The summed E-state index contributed by atoms with van der Waals surface area (Å²) in [5.74, 6) is 0.958. The average Bonchev–Trinajstić information content (AvgIpc) is 2.64. The quantitative estimate of drug-likeness (QED) is 0.752. The first-order valence-electron chi connectivity index (χ1n) is 8.49. The molecule has 1 atom stereocenters. The van der Waals surface area contributed by atoms with Crippen LogP contribution in [0.4, 0.5) is 5.82 Å². The summed E-state index contributed by atoms with van der Waals surface area (Å²) in [5, 5.41) is 3.93. The van der Waals surface area contributed by atoms with E-state index in [9.17, 15) is 9.59 Å². The lowest BCUT2D eigenvalue weighted by Crippen LogP contribution is -2.46. The monoisotopic (exact) mass is 358 g/mol. The molecule has 2 aromatic rings. The van der Waals surface area contributed by atoms with E-state index in [1.54, 1.807) is 23.4 Å². The lowest BCUT2D eigenvalue weighted by Gasteiger charge is -2.33. The summed E-state index contributed by atoms with van der Waals surface area (Å²) in [6.45, 7) is 1.02. The van der Waals surface area contributed by atoms with Crippen molar-refractivity contribution in [3.8, 4) is 5.88 Å². The molecule has 9 nitrogen and oxygen atoms in total. The molecule has 1 aliphatic rings. The second-order valence-corrected chi connectivity index (χ2v) is 6.32. The number of carbonyl (C=O) groups excluding carboxylic acids is 1. The molecule has 9 heteroatoms. The van der Waals surface area contributed by atoms with Gasteiger partial charge in [0.15, 0.2) is 5.82 Å². The molecule has 0 aliphatic carbocycles. The zero-order chi connectivity index (χ0) is 18.5. The number of amides is 1. The Morgan fingerprint density at radius 3 is 2.88 bits per heavy atom. The number of anilines is 1. The van der Waals surface area contributed by atoms with Gasteiger partial charge in [0.1, 0.15) is 12.6 Å². The highest BCUT2D eigenvalue weighted by Gasteiger charge is 2.26. The maximum Gasteiger partial charge on any atom is 0.267 e. The van der Waals surface area contributed by atoms with Crippen LogP contribution in [0.5, 0.6) is 5.88 Å². The molecular weight excluding hydrogens is 336 g/mol. The summed E-state index contributed by atoms with van der Waals surface area (Å²) >= 11 is 0. The molecule has 1 saturated heterocycles. The highest BCUT2D eigenvalue weighted by molar-refractivity contribution is 5.76. The Hall–Kier alpha value is -2.97. The number of likely N-dealkylation sites (tertiary alicyclic amines) is 1. The summed E-state index contributed by atoms with van der Waals surface area (Å²) < 4.78 is 7.18. The van der Waals surface area contributed by atoms with Crippen molar-refractivity contribution < 1.29 is 9.53 Å². The third-order valence-electron chi connectivity index (χ3n) is 4.15. The molecule has 0 radical (unpaired) electrons. The summed E-state index contributed by atoms with van der Waals surface area (Å²) in [7, 11) is 3.75. The van der Waals surface area contributed by atoms with E-state index in [4.69, 9.17) is 4.74 Å². The third-order valence-corrected chi connectivity index (χ3v) is 4.15. The van der Waals surface area contributed by atoms with Crippen LogP contribution in [-0.2, 0) is 11.3 Å². The van der Waals surface area contributed by atoms with Crippen LogP contribution in [0.3, 0.4) is 0 Å². The maximum absolute atomic E-state index is 12.5. The van der Waals surface area contributed by atoms with Crippen molar-refractivity contribution in [3.63, 3.8) is 0 Å². The Balaban J connectivity index is 1.65. The molecule has 1 aliphatic heterocycles. The summed E-state index contributed by atoms with van der Waals surface area (Å²) in [6, 6.07) is 2.94. The summed E-state index contributed by atoms with van der Waals surface area (Å²) in [5.41, 5.74) is -0.291. The Morgan fingerprint density at radius 1 is 1.31 bits per heavy atom. The Labute approximate surface area is 151 Å². The molecule has 1 unspecified atom stereocenters. The molecule has 0 aromatic carbocycles. The van der Waals surface area contributed by atoms with Gasteiger partial charge in [0.05, 0.1) is 6.54 Å². The van der Waals surface area contributed by atoms with Gasteiger partial charge >= 0.3 is 0 Å². The van der Waals surface area contributed by atoms with Gasteiger partial charge in [-0.3, -0.25) is 9.59 Å². The lowest BCUT2D eigenvalue weighted by atomic mass is 10.1. The molecule has 0 N–H and O–H groups in total. The van der Waals surface area contributed by atoms with Gasteiger partial charge in [0.25, 0.3) is 11.4 Å². The molecule has 26 heavy (non-hydrogen) atoms. The molecule has 0 saturated carbocycles. The Bertz CT molecular complexity index is 822. The second kappa shape index (κ2) is 7.94. The number of hydrogen-bond acceptors (Lipinski definition) is 7. The van der Waals surface area contributed by atoms with E-state index in [0.29, 0.717) is 24.8 Å². The number of rotatable bonds is 5. The molecule has 0 bridgehead atoms. The van der Waals surface area contributed by atoms with E-state index in [2.05, 4.69) is 15.1 Å². The van der Waals surface area contributed by atoms with Gasteiger partial charge in [-0.05, 0) is 18.9 Å². The van der Waals surface area contributed by atoms with E-state index < -0.39 is 0 Å². The van der Waals surface area contributed by atoms with E-state index in [1.807, 2.05) is 19.0 Å². The number of nitrogens with zero attached hydrogens (tertiary/aromatic N) is 6. The zero-order valence-electron chi connectivity index (χ0n) is 14.9. The van der Waals surface area contributed by atoms with Crippen LogP contribution in [0.1, 0.15) is 12.8 Å². The molecule has 0 spiro atoms. The van der Waals surface area contributed by atoms with Crippen molar-refractivity contribution in [2.45, 2.75) is 25.5 Å². The topological polar surface area (TPSA) is 93.4 Å². The molecule has 1 amide bonds. The highest BCUT2D eigenvalue weighted by atomic mass is 16.5. The summed E-state index contributed by atoms with van der Waals surface area (Å²) in [6.07, 6.45) is 6.18. The van der Waals surface area contributed by atoms with Crippen LogP contribution < -0.4 is 15.2 Å². The highest BCUT2D eigenvalue weighted by Crippen LogP contribution is 2.24. The largest absolute Gasteiger partial charge is 0.470 e. The lowest BCUT2D eigenvalue weighted by molar-refractivity contribution is -0.134. The van der Waals surface area contributed by atoms with Gasteiger partial charge in [-0.1, -0.05) is 0 Å². The minimum Gasteiger partial charge on any atom is -0.470 e. The number of ether oxygens (including phenoxy) is 1. The van der Waals surface area contributed by atoms with Crippen LogP contribution in [0.2, 0.25) is 0 Å². The standard InChI is InChI=1S/C17H22N6O3/c1-21(2)16-17(19-9-8-18-16)26-13-5-4-10-22(11-13)15(25)12-23-14(24)6-3-7-20-23/h3,6-9,13H,4-5,10-12H2,1-2H3. The van der Waals surface area contributed by atoms with Crippen molar-refractivity contribution >= 4 is 11.7 Å². The van der Waals surface area contributed by atoms with Gasteiger partial charge in [0.2, 0.25) is 5.91 Å². The summed E-state index contributed by atoms with van der Waals surface area (Å²) in [4.78, 5) is 36.3. The van der Waals surface area contributed by atoms with Gasteiger partial charge in [-0.15, -0.1) is 0 Å². The Kier molecular flexibility index (Phi) is 5.45. The van der Waals surface area contributed by atoms with Crippen LogP contribution >= 0.6 is 0 Å². The number of carbonyl (C=O) groups is 1. The average molecular weight is 358 g/mol. The fourth-order valence-electron chi connectivity index (χ4n) is 2.86. The van der Waals surface area contributed by atoms with Gasteiger partial charge in [0, 0.05) is 45.3 Å². The van der Waals surface area contributed by atoms with Crippen molar-refractivity contribution in [3.05, 3.63) is 41.1 Å². The van der Waals surface area contributed by atoms with E-state index >= 15 is 0 Å². The number of hydrogen-bond donors (Lipinski definition) is 0. The van der Waals surface area contributed by atoms with Gasteiger partial charge in [-0.25, -0.2) is 14.6 Å². The fourth-order valence-corrected chi connectivity index (χ4v) is 2.86. The van der Waals surface area contributed by atoms with Crippen LogP contribution in [0.25, 0.3) is 0 Å². The number of piperidine rings is 1. The Morgan fingerprint density at radius 2 is 2.12 bits per heavy atom. The minimum atomic E-state index is -0.291. The van der Waals surface area contributed by atoms with Gasteiger partial charge in [-0.2, -0.15) is 5.10 Å². The van der Waals surface area contributed by atoms with Crippen molar-refractivity contribution in [1.82, 2.24) is 24.6 Å². The fraction of sp³-hybridized carbons (Fsp3) is 0.471. The molecule has 3 heterocycles. The van der Waals surface area contributed by atoms with Crippen LogP contribution in [0, 0.1) is 0 Å². The first-order valence-corrected chi connectivity index (χ1v) is 8.49. The zero-order valence-corrected chi connectivity index (χ0v) is 14.9. The van der Waals surface area contributed by atoms with E-state index in [0.717, 1.165) is 12.8 Å². The second-order valence-electron chi connectivity index (χ2n) is 6.32. The van der Waals surface area contributed by atoms with Crippen LogP contribution in [-0.4, -0.2) is 63.8 Å². The predicted octanol–water partition coefficient (Wildman–Crippen LogP) is 0.169.